The number of hydrogen-bond acceptors (Lipinski definition) is 4. The van der Waals surface area contributed by atoms with E-state index in [0.29, 0.717) is 6.61 Å². The summed E-state index contributed by atoms with van der Waals surface area (Å²) in [5, 5.41) is 0. The van der Waals surface area contributed by atoms with E-state index in [4.69, 9.17) is 14.2 Å². The normalized spacial score (nSPS) is 21.9. The van der Waals surface area contributed by atoms with Crippen molar-refractivity contribution < 1.29 is 19.0 Å². The maximum absolute atomic E-state index is 12.1. The van der Waals surface area contributed by atoms with Crippen molar-refractivity contribution in [3.05, 3.63) is 0 Å². The molecule has 0 aromatic rings. The Hall–Kier alpha value is -0.810. The molecule has 1 saturated heterocycles. The lowest BCUT2D eigenvalue weighted by Gasteiger charge is -2.20. The van der Waals surface area contributed by atoms with E-state index in [2.05, 4.69) is 6.92 Å². The van der Waals surface area contributed by atoms with Crippen LogP contribution in [-0.2, 0) is 14.2 Å². The number of unbranched alkanes of at least 4 members (excludes halogenated alkanes) is 2. The van der Waals surface area contributed by atoms with E-state index in [9.17, 15) is 4.79 Å². The third-order valence-corrected chi connectivity index (χ3v) is 3.27. The molecule has 118 valence electrons. The molecule has 1 heterocycles. The first-order chi connectivity index (χ1) is 9.40. The molecule has 0 aromatic carbocycles. The molecule has 1 rings (SSSR count). The zero-order valence-corrected chi connectivity index (χ0v) is 13.5. The maximum atomic E-state index is 12.1. The lowest BCUT2D eigenvalue weighted by molar-refractivity contribution is -0.0331. The topological polar surface area (TPSA) is 47.8 Å². The summed E-state index contributed by atoms with van der Waals surface area (Å²) in [5.41, 5.74) is -0.453. The molecular weight excluding hydrogens is 258 g/mol. The van der Waals surface area contributed by atoms with Crippen LogP contribution in [0.25, 0.3) is 0 Å². The van der Waals surface area contributed by atoms with Gasteiger partial charge in [0.15, 0.2) is 0 Å². The van der Waals surface area contributed by atoms with Crippen LogP contribution in [0.3, 0.4) is 0 Å². The van der Waals surface area contributed by atoms with E-state index in [-0.39, 0.29) is 25.0 Å². The van der Waals surface area contributed by atoms with E-state index in [0.717, 1.165) is 12.8 Å². The van der Waals surface area contributed by atoms with Crippen LogP contribution in [0.1, 0.15) is 53.4 Å². The molecule has 5 nitrogen and oxygen atoms in total. The van der Waals surface area contributed by atoms with E-state index in [1.165, 1.54) is 12.8 Å². The van der Waals surface area contributed by atoms with Crippen molar-refractivity contribution in [3.8, 4) is 0 Å². The van der Waals surface area contributed by atoms with Crippen LogP contribution in [0.15, 0.2) is 0 Å². The first kappa shape index (κ1) is 17.2. The van der Waals surface area contributed by atoms with Crippen molar-refractivity contribution in [3.63, 3.8) is 0 Å². The van der Waals surface area contributed by atoms with Gasteiger partial charge in [-0.25, -0.2) is 4.79 Å². The van der Waals surface area contributed by atoms with Gasteiger partial charge >= 0.3 is 6.09 Å². The Bertz CT molecular complexity index is 285. The second-order valence-corrected chi connectivity index (χ2v) is 6.30. The minimum atomic E-state index is -0.453. The summed E-state index contributed by atoms with van der Waals surface area (Å²) in [6.45, 7) is 8.62. The van der Waals surface area contributed by atoms with Crippen LogP contribution < -0.4 is 0 Å². The molecule has 20 heavy (non-hydrogen) atoms. The number of hydrogen-bond donors (Lipinski definition) is 0. The fourth-order valence-electron chi connectivity index (χ4n) is 2.30. The first-order valence-electron chi connectivity index (χ1n) is 7.48. The van der Waals surface area contributed by atoms with Gasteiger partial charge in [-0.2, -0.15) is 0 Å². The second kappa shape index (κ2) is 7.84. The minimum absolute atomic E-state index is 0.136. The number of ether oxygens (including phenoxy) is 3. The monoisotopic (exact) mass is 287 g/mol. The largest absolute Gasteiger partial charge is 0.444 e. The Labute approximate surface area is 122 Å². The van der Waals surface area contributed by atoms with Crippen molar-refractivity contribution in [1.82, 2.24) is 4.90 Å². The van der Waals surface area contributed by atoms with Crippen LogP contribution in [0, 0.1) is 0 Å². The summed E-state index contributed by atoms with van der Waals surface area (Å²) in [7, 11) is 1.59. The van der Waals surface area contributed by atoms with Crippen LogP contribution in [0.4, 0.5) is 4.79 Å². The smallest absolute Gasteiger partial charge is 0.411 e. The molecule has 1 amide bonds. The molecule has 0 saturated carbocycles. The van der Waals surface area contributed by atoms with Gasteiger partial charge in [-0.05, 0) is 27.2 Å². The Morgan fingerprint density at radius 2 is 1.90 bits per heavy atom. The van der Waals surface area contributed by atoms with Gasteiger partial charge in [0.05, 0.1) is 18.7 Å². The molecule has 5 heteroatoms. The Kier molecular flexibility index (Phi) is 6.76. The number of carbonyl (C=O) groups excluding carboxylic acids is 1. The molecule has 0 radical (unpaired) electrons. The van der Waals surface area contributed by atoms with Crippen LogP contribution in [-0.4, -0.2) is 49.2 Å². The second-order valence-electron chi connectivity index (χ2n) is 6.30. The molecule has 1 fully saturated rings. The number of carbonyl (C=O) groups is 1. The van der Waals surface area contributed by atoms with Crippen LogP contribution in [0.2, 0.25) is 0 Å². The molecule has 0 aromatic heterocycles. The van der Waals surface area contributed by atoms with Crippen LogP contribution >= 0.6 is 0 Å². The lowest BCUT2D eigenvalue weighted by atomic mass is 10.1. The van der Waals surface area contributed by atoms with E-state index in [1.54, 1.807) is 12.0 Å². The highest BCUT2D eigenvalue weighted by Crippen LogP contribution is 2.34. The molecule has 2 atom stereocenters. The number of amides is 1. The zero-order chi connectivity index (χ0) is 15.2. The van der Waals surface area contributed by atoms with Gasteiger partial charge < -0.3 is 14.2 Å². The molecule has 0 aliphatic carbocycles. The highest BCUT2D eigenvalue weighted by Gasteiger charge is 2.51. The lowest BCUT2D eigenvalue weighted by Crippen LogP contribution is -2.29. The van der Waals surface area contributed by atoms with Gasteiger partial charge in [0, 0.05) is 7.11 Å². The Morgan fingerprint density at radius 1 is 1.20 bits per heavy atom. The number of methoxy groups -OCH3 is 1. The maximum Gasteiger partial charge on any atom is 0.411 e. The van der Waals surface area contributed by atoms with E-state index in [1.807, 2.05) is 20.8 Å². The highest BCUT2D eigenvalue weighted by molar-refractivity contribution is 5.72. The molecule has 0 spiro atoms. The third kappa shape index (κ3) is 5.67. The summed E-state index contributed by atoms with van der Waals surface area (Å²) in [5.74, 6) is 0. The van der Waals surface area contributed by atoms with E-state index < -0.39 is 5.60 Å². The first-order valence-corrected chi connectivity index (χ1v) is 7.48. The predicted molar refractivity (Wildman–Crippen MR) is 77.6 cm³/mol. The summed E-state index contributed by atoms with van der Waals surface area (Å²) in [6.07, 6.45) is 4.31. The Balaban J connectivity index is 2.45. The average molecular weight is 287 g/mol. The van der Waals surface area contributed by atoms with Crippen molar-refractivity contribution in [2.45, 2.75) is 71.1 Å². The van der Waals surface area contributed by atoms with Crippen molar-refractivity contribution in [2.75, 3.05) is 20.5 Å². The van der Waals surface area contributed by atoms with Crippen molar-refractivity contribution in [2.24, 2.45) is 0 Å². The number of rotatable bonds is 8. The summed E-state index contributed by atoms with van der Waals surface area (Å²) >= 11 is 0. The van der Waals surface area contributed by atoms with Gasteiger partial charge in [0.25, 0.3) is 0 Å². The molecule has 0 bridgehead atoms. The molecular formula is C15H29NO4. The van der Waals surface area contributed by atoms with Crippen molar-refractivity contribution in [1.29, 1.82) is 0 Å². The molecule has 0 N–H and O–H groups in total. The fourth-order valence-corrected chi connectivity index (χ4v) is 2.30. The molecule has 0 unspecified atom stereocenters. The number of nitrogens with zero attached hydrogens (tertiary/aromatic N) is 1. The summed E-state index contributed by atoms with van der Waals surface area (Å²) in [4.78, 5) is 13.9. The predicted octanol–water partition coefficient (Wildman–Crippen LogP) is 3.18. The third-order valence-electron chi connectivity index (χ3n) is 3.27. The van der Waals surface area contributed by atoms with Gasteiger partial charge in [0.1, 0.15) is 12.4 Å². The fraction of sp³-hybridized carbons (Fsp3) is 0.933. The molecule has 1 aliphatic heterocycles. The zero-order valence-electron chi connectivity index (χ0n) is 13.5. The van der Waals surface area contributed by atoms with Gasteiger partial charge in [-0.1, -0.05) is 26.2 Å². The van der Waals surface area contributed by atoms with Crippen LogP contribution in [0.5, 0.6) is 0 Å². The van der Waals surface area contributed by atoms with Gasteiger partial charge in [-0.3, -0.25) is 4.90 Å². The van der Waals surface area contributed by atoms with Crippen molar-refractivity contribution >= 4 is 6.09 Å². The summed E-state index contributed by atoms with van der Waals surface area (Å²) < 4.78 is 15.7. The quantitative estimate of drug-likeness (QED) is 0.391. The van der Waals surface area contributed by atoms with Gasteiger partial charge in [0.2, 0.25) is 0 Å². The Morgan fingerprint density at radius 3 is 2.45 bits per heavy atom. The average Bonchev–Trinajstić information content (AvgIpc) is 3.01. The van der Waals surface area contributed by atoms with E-state index >= 15 is 0 Å². The SMILES string of the molecule is CCCCC[C@H]1[C@H](COCOC)N1C(=O)OC(C)(C)C. The standard InChI is InChI=1S/C15H29NO4/c1-6-7-8-9-12-13(10-19-11-18-5)16(12)14(17)20-15(2,3)4/h12-13H,6-11H2,1-5H3/t12-,13-,16?/m0/s1. The summed E-state index contributed by atoms with van der Waals surface area (Å²) in [6, 6.07) is 0.394. The minimum Gasteiger partial charge on any atom is -0.444 e. The molecule has 1 aliphatic rings. The van der Waals surface area contributed by atoms with Gasteiger partial charge in [-0.15, -0.1) is 0 Å². The highest BCUT2D eigenvalue weighted by atomic mass is 16.7.